The summed E-state index contributed by atoms with van der Waals surface area (Å²) in [5.74, 6) is 0.955. The minimum absolute atomic E-state index is 0.803. The minimum atomic E-state index is 0.803. The lowest BCUT2D eigenvalue weighted by Crippen LogP contribution is -1.98. The first-order valence-corrected chi connectivity index (χ1v) is 6.88. The van der Waals surface area contributed by atoms with E-state index in [2.05, 4.69) is 18.0 Å². The van der Waals surface area contributed by atoms with E-state index in [4.69, 9.17) is 4.74 Å². The Hall–Kier alpha value is -1.57. The maximum Gasteiger partial charge on any atom is 0.130 e. The van der Waals surface area contributed by atoms with Crippen molar-refractivity contribution in [3.05, 3.63) is 36.5 Å². The fraction of sp³-hybridized carbons (Fsp3) is 0.438. The van der Waals surface area contributed by atoms with Gasteiger partial charge in [-0.1, -0.05) is 44.7 Å². The molecule has 0 unspecified atom stereocenters. The summed E-state index contributed by atoms with van der Waals surface area (Å²) in [4.78, 5) is 4.33. The molecule has 2 aromatic rings. The zero-order valence-electron chi connectivity index (χ0n) is 11.1. The van der Waals surface area contributed by atoms with Crippen LogP contribution in [0.4, 0.5) is 0 Å². The molecular formula is C16H21NO. The van der Waals surface area contributed by atoms with Crippen LogP contribution in [0.25, 0.3) is 10.9 Å². The lowest BCUT2D eigenvalue weighted by atomic mass is 10.2. The largest absolute Gasteiger partial charge is 0.493 e. The van der Waals surface area contributed by atoms with Gasteiger partial charge in [0.1, 0.15) is 5.75 Å². The second-order valence-corrected chi connectivity index (χ2v) is 4.59. The van der Waals surface area contributed by atoms with E-state index in [0.29, 0.717) is 0 Å². The van der Waals surface area contributed by atoms with Crippen molar-refractivity contribution < 1.29 is 4.74 Å². The van der Waals surface area contributed by atoms with E-state index in [-0.39, 0.29) is 0 Å². The highest BCUT2D eigenvalue weighted by Crippen LogP contribution is 2.23. The molecule has 18 heavy (non-hydrogen) atoms. The average molecular weight is 243 g/mol. The van der Waals surface area contributed by atoms with Crippen molar-refractivity contribution in [2.75, 3.05) is 6.61 Å². The Kier molecular flexibility index (Phi) is 5.00. The van der Waals surface area contributed by atoms with Gasteiger partial charge in [0.05, 0.1) is 12.1 Å². The van der Waals surface area contributed by atoms with Gasteiger partial charge < -0.3 is 4.74 Å². The van der Waals surface area contributed by atoms with Crippen LogP contribution in [-0.2, 0) is 0 Å². The van der Waals surface area contributed by atoms with E-state index < -0.39 is 0 Å². The number of fused-ring (bicyclic) bond motifs is 1. The van der Waals surface area contributed by atoms with Gasteiger partial charge in [-0.15, -0.1) is 0 Å². The van der Waals surface area contributed by atoms with E-state index in [1.165, 1.54) is 25.7 Å². The van der Waals surface area contributed by atoms with Gasteiger partial charge in [0, 0.05) is 11.6 Å². The van der Waals surface area contributed by atoms with Crippen molar-refractivity contribution in [1.29, 1.82) is 0 Å². The molecule has 2 rings (SSSR count). The van der Waals surface area contributed by atoms with Crippen LogP contribution in [-0.4, -0.2) is 11.6 Å². The topological polar surface area (TPSA) is 22.1 Å². The predicted octanol–water partition coefficient (Wildman–Crippen LogP) is 4.58. The van der Waals surface area contributed by atoms with Crippen molar-refractivity contribution in [3.63, 3.8) is 0 Å². The summed E-state index contributed by atoms with van der Waals surface area (Å²) in [7, 11) is 0. The SMILES string of the molecule is CCCCCCCOc1ccnc2ccccc12. The number of aromatic nitrogens is 1. The number of unbranched alkanes of at least 4 members (excludes halogenated alkanes) is 4. The number of rotatable bonds is 7. The second-order valence-electron chi connectivity index (χ2n) is 4.59. The normalized spacial score (nSPS) is 10.7. The molecule has 0 saturated carbocycles. The smallest absolute Gasteiger partial charge is 0.130 e. The molecule has 0 spiro atoms. The van der Waals surface area contributed by atoms with Crippen LogP contribution in [0, 0.1) is 0 Å². The standard InChI is InChI=1S/C16H21NO/c1-2-3-4-5-8-13-18-16-11-12-17-15-10-7-6-9-14(15)16/h6-7,9-12H,2-5,8,13H2,1H3. The molecule has 1 aromatic carbocycles. The third kappa shape index (κ3) is 3.46. The van der Waals surface area contributed by atoms with Crippen LogP contribution < -0.4 is 4.74 Å². The number of ether oxygens (including phenoxy) is 1. The molecule has 0 atom stereocenters. The third-order valence-electron chi connectivity index (χ3n) is 3.11. The van der Waals surface area contributed by atoms with Crippen LogP contribution in [0.2, 0.25) is 0 Å². The Morgan fingerprint density at radius 2 is 1.83 bits per heavy atom. The van der Waals surface area contributed by atoms with Gasteiger partial charge in [-0.2, -0.15) is 0 Å². The summed E-state index contributed by atoms with van der Waals surface area (Å²) < 4.78 is 5.86. The molecule has 1 heterocycles. The van der Waals surface area contributed by atoms with E-state index in [0.717, 1.165) is 29.7 Å². The van der Waals surface area contributed by atoms with Gasteiger partial charge >= 0.3 is 0 Å². The lowest BCUT2D eigenvalue weighted by Gasteiger charge is -2.08. The predicted molar refractivity (Wildman–Crippen MR) is 76.0 cm³/mol. The fourth-order valence-electron chi connectivity index (χ4n) is 2.08. The summed E-state index contributed by atoms with van der Waals surface area (Å²) in [5, 5.41) is 1.11. The van der Waals surface area contributed by atoms with Gasteiger partial charge in [-0.25, -0.2) is 0 Å². The maximum absolute atomic E-state index is 5.86. The molecule has 0 bridgehead atoms. The first kappa shape index (κ1) is 12.9. The highest BCUT2D eigenvalue weighted by atomic mass is 16.5. The van der Waals surface area contributed by atoms with Crippen molar-refractivity contribution in [2.45, 2.75) is 39.0 Å². The monoisotopic (exact) mass is 243 g/mol. The first-order chi connectivity index (χ1) is 8.92. The third-order valence-corrected chi connectivity index (χ3v) is 3.11. The Balaban J connectivity index is 1.88. The van der Waals surface area contributed by atoms with E-state index in [1.807, 2.05) is 30.5 Å². The van der Waals surface area contributed by atoms with Crippen LogP contribution in [0.3, 0.4) is 0 Å². The van der Waals surface area contributed by atoms with Crippen molar-refractivity contribution in [1.82, 2.24) is 4.98 Å². The number of nitrogens with zero attached hydrogens (tertiary/aromatic N) is 1. The Bertz CT molecular complexity index is 476. The molecular weight excluding hydrogens is 222 g/mol. The summed E-state index contributed by atoms with van der Waals surface area (Å²) in [5.41, 5.74) is 1.00. The maximum atomic E-state index is 5.86. The molecule has 0 aliphatic rings. The summed E-state index contributed by atoms with van der Waals surface area (Å²) in [6, 6.07) is 10.1. The summed E-state index contributed by atoms with van der Waals surface area (Å²) in [6.07, 6.45) is 8.15. The molecule has 0 fully saturated rings. The van der Waals surface area contributed by atoms with E-state index >= 15 is 0 Å². The molecule has 1 aromatic heterocycles. The van der Waals surface area contributed by atoms with Crippen LogP contribution in [0.5, 0.6) is 5.75 Å². The Morgan fingerprint density at radius 1 is 1.00 bits per heavy atom. The zero-order valence-corrected chi connectivity index (χ0v) is 11.1. The molecule has 0 aliphatic carbocycles. The van der Waals surface area contributed by atoms with Gasteiger partial charge in [0.2, 0.25) is 0 Å². The number of benzene rings is 1. The Labute approximate surface area is 109 Å². The van der Waals surface area contributed by atoms with Crippen molar-refractivity contribution in [2.24, 2.45) is 0 Å². The summed E-state index contributed by atoms with van der Waals surface area (Å²) >= 11 is 0. The number of hydrogen-bond acceptors (Lipinski definition) is 2. The number of hydrogen-bond donors (Lipinski definition) is 0. The molecule has 0 amide bonds. The fourth-order valence-corrected chi connectivity index (χ4v) is 2.08. The molecule has 96 valence electrons. The molecule has 2 nitrogen and oxygen atoms in total. The molecule has 0 radical (unpaired) electrons. The number of pyridine rings is 1. The quantitative estimate of drug-likeness (QED) is 0.664. The molecule has 0 aliphatic heterocycles. The van der Waals surface area contributed by atoms with E-state index in [9.17, 15) is 0 Å². The molecule has 2 heteroatoms. The van der Waals surface area contributed by atoms with Crippen LogP contribution in [0.15, 0.2) is 36.5 Å². The summed E-state index contributed by atoms with van der Waals surface area (Å²) in [6.45, 7) is 3.04. The second kappa shape index (κ2) is 7.00. The van der Waals surface area contributed by atoms with Crippen LogP contribution in [0.1, 0.15) is 39.0 Å². The molecule has 0 N–H and O–H groups in total. The zero-order chi connectivity index (χ0) is 12.6. The van der Waals surface area contributed by atoms with Gasteiger partial charge in [0.25, 0.3) is 0 Å². The number of para-hydroxylation sites is 1. The average Bonchev–Trinajstić information content (AvgIpc) is 2.43. The molecule has 0 saturated heterocycles. The highest BCUT2D eigenvalue weighted by molar-refractivity contribution is 5.84. The Morgan fingerprint density at radius 3 is 2.72 bits per heavy atom. The minimum Gasteiger partial charge on any atom is -0.493 e. The van der Waals surface area contributed by atoms with Crippen LogP contribution >= 0.6 is 0 Å². The van der Waals surface area contributed by atoms with E-state index in [1.54, 1.807) is 0 Å². The van der Waals surface area contributed by atoms with Gasteiger partial charge in [0.15, 0.2) is 0 Å². The van der Waals surface area contributed by atoms with Crippen molar-refractivity contribution in [3.8, 4) is 5.75 Å². The lowest BCUT2D eigenvalue weighted by molar-refractivity contribution is 0.308. The first-order valence-electron chi connectivity index (χ1n) is 6.88. The van der Waals surface area contributed by atoms with Crippen molar-refractivity contribution >= 4 is 10.9 Å². The highest BCUT2D eigenvalue weighted by Gasteiger charge is 2.01. The van der Waals surface area contributed by atoms with Gasteiger partial charge in [-0.05, 0) is 24.6 Å². The van der Waals surface area contributed by atoms with Gasteiger partial charge in [-0.3, -0.25) is 4.98 Å².